The van der Waals surface area contributed by atoms with Crippen LogP contribution in [0.15, 0.2) is 18.5 Å². The number of amides is 1. The van der Waals surface area contributed by atoms with Crippen LogP contribution in [0.3, 0.4) is 0 Å². The quantitative estimate of drug-likeness (QED) is 0.789. The maximum atomic E-state index is 11.5. The number of carbonyl (C=O) groups is 1. The molecule has 0 bridgehead atoms. The second kappa shape index (κ2) is 7.67. The molecule has 1 amide bonds. The molecule has 6 nitrogen and oxygen atoms in total. The highest BCUT2D eigenvalue weighted by molar-refractivity contribution is 5.68. The Kier molecular flexibility index (Phi) is 6.21. The molecule has 1 fully saturated rings. The molecule has 0 spiro atoms. The third kappa shape index (κ3) is 6.92. The summed E-state index contributed by atoms with van der Waals surface area (Å²) in [5.74, 6) is 0. The van der Waals surface area contributed by atoms with Gasteiger partial charge >= 0.3 is 6.09 Å². The molecule has 2 heterocycles. The summed E-state index contributed by atoms with van der Waals surface area (Å²) in [6, 6.07) is 1.69. The number of likely N-dealkylation sites (tertiary alicyclic amines) is 1. The number of carbonyl (C=O) groups excluding carboxylic acids is 1. The molecule has 1 aromatic heterocycles. The van der Waals surface area contributed by atoms with E-state index in [1.54, 1.807) is 17.2 Å². The lowest BCUT2D eigenvalue weighted by Crippen LogP contribution is -2.39. The zero-order valence-corrected chi connectivity index (χ0v) is 12.5. The number of ether oxygens (including phenoxy) is 1. The number of nitrogen functional groups attached to an aromatic ring is 1. The Bertz CT molecular complexity index is 397. The molecule has 0 radical (unpaired) electrons. The highest BCUT2D eigenvalue weighted by Gasteiger charge is 2.22. The summed E-state index contributed by atoms with van der Waals surface area (Å²) in [6.45, 7) is 7.41. The van der Waals surface area contributed by atoms with Gasteiger partial charge in [0.15, 0.2) is 0 Å². The molecule has 0 aliphatic carbocycles. The molecule has 1 aromatic rings. The summed E-state index contributed by atoms with van der Waals surface area (Å²) >= 11 is 0. The van der Waals surface area contributed by atoms with Gasteiger partial charge < -0.3 is 15.4 Å². The van der Waals surface area contributed by atoms with Crippen molar-refractivity contribution in [3.8, 4) is 0 Å². The number of nitrogens with two attached hydrogens (primary N) is 1. The number of aromatic nitrogens is 2. The van der Waals surface area contributed by atoms with Crippen LogP contribution < -0.4 is 5.73 Å². The third-order valence-corrected chi connectivity index (χ3v) is 2.61. The maximum absolute atomic E-state index is 11.5. The topological polar surface area (TPSA) is 81.3 Å². The Balaban J connectivity index is 0.000000240. The molecular formula is C14H24N4O2. The van der Waals surface area contributed by atoms with Crippen molar-refractivity contribution < 1.29 is 9.53 Å². The normalized spacial score (nSPS) is 15.1. The van der Waals surface area contributed by atoms with E-state index in [9.17, 15) is 4.79 Å². The summed E-state index contributed by atoms with van der Waals surface area (Å²) < 4.78 is 5.26. The number of anilines is 1. The van der Waals surface area contributed by atoms with E-state index in [4.69, 9.17) is 10.5 Å². The lowest BCUT2D eigenvalue weighted by Gasteiger charge is -2.29. The lowest BCUT2D eigenvalue weighted by molar-refractivity contribution is 0.0216. The molecule has 112 valence electrons. The maximum Gasteiger partial charge on any atom is 0.410 e. The molecular weight excluding hydrogens is 256 g/mol. The number of rotatable bonds is 0. The van der Waals surface area contributed by atoms with Crippen molar-refractivity contribution >= 4 is 11.8 Å². The second-order valence-corrected chi connectivity index (χ2v) is 5.70. The summed E-state index contributed by atoms with van der Waals surface area (Å²) in [5, 5.41) is 7.02. The monoisotopic (exact) mass is 280 g/mol. The van der Waals surface area contributed by atoms with Crippen LogP contribution >= 0.6 is 0 Å². The SMILES string of the molecule is CC(C)(C)OC(=O)N1CCCCC1.Nc1ccnnc1. The average molecular weight is 280 g/mol. The van der Waals surface area contributed by atoms with Crippen LogP contribution in [0, 0.1) is 0 Å². The molecule has 2 N–H and O–H groups in total. The minimum absolute atomic E-state index is 0.160. The third-order valence-electron chi connectivity index (χ3n) is 2.61. The Morgan fingerprint density at radius 2 is 1.90 bits per heavy atom. The Hall–Kier alpha value is -1.85. The van der Waals surface area contributed by atoms with Crippen molar-refractivity contribution in [1.82, 2.24) is 15.1 Å². The van der Waals surface area contributed by atoms with Gasteiger partial charge in [0.25, 0.3) is 0 Å². The van der Waals surface area contributed by atoms with Gasteiger partial charge in [-0.15, -0.1) is 0 Å². The van der Waals surface area contributed by atoms with E-state index in [0.717, 1.165) is 25.9 Å². The van der Waals surface area contributed by atoms with Gasteiger partial charge in [-0.05, 0) is 46.1 Å². The van der Waals surface area contributed by atoms with Crippen molar-refractivity contribution in [3.63, 3.8) is 0 Å². The fourth-order valence-corrected chi connectivity index (χ4v) is 1.70. The first-order chi connectivity index (χ1) is 9.38. The van der Waals surface area contributed by atoms with Crippen LogP contribution in [0.2, 0.25) is 0 Å². The van der Waals surface area contributed by atoms with Crippen molar-refractivity contribution in [2.24, 2.45) is 0 Å². The van der Waals surface area contributed by atoms with Crippen molar-refractivity contribution in [3.05, 3.63) is 18.5 Å². The number of hydrogen-bond acceptors (Lipinski definition) is 5. The summed E-state index contributed by atoms with van der Waals surface area (Å²) in [7, 11) is 0. The fourth-order valence-electron chi connectivity index (χ4n) is 1.70. The lowest BCUT2D eigenvalue weighted by atomic mass is 10.1. The van der Waals surface area contributed by atoms with E-state index < -0.39 is 0 Å². The largest absolute Gasteiger partial charge is 0.444 e. The Morgan fingerprint density at radius 3 is 2.30 bits per heavy atom. The van der Waals surface area contributed by atoms with Gasteiger partial charge in [0, 0.05) is 13.1 Å². The first-order valence-electron chi connectivity index (χ1n) is 6.88. The smallest absolute Gasteiger partial charge is 0.410 e. The summed E-state index contributed by atoms with van der Waals surface area (Å²) in [6.07, 6.45) is 6.35. The van der Waals surface area contributed by atoms with E-state index in [-0.39, 0.29) is 11.7 Å². The van der Waals surface area contributed by atoms with Gasteiger partial charge in [-0.2, -0.15) is 10.2 Å². The van der Waals surface area contributed by atoms with Gasteiger partial charge in [0.2, 0.25) is 0 Å². The molecule has 2 rings (SSSR count). The standard InChI is InChI=1S/C10H19NO2.C4H5N3/c1-10(2,3)13-9(12)11-7-5-4-6-8-11;5-4-1-2-6-7-3-4/h4-8H2,1-3H3;1-3H,(H2,5,6). The van der Waals surface area contributed by atoms with Gasteiger partial charge in [-0.1, -0.05) is 0 Å². The number of hydrogen-bond donors (Lipinski definition) is 1. The van der Waals surface area contributed by atoms with E-state index >= 15 is 0 Å². The predicted octanol–water partition coefficient (Wildman–Crippen LogP) is 2.47. The van der Waals surface area contributed by atoms with E-state index in [2.05, 4.69) is 10.2 Å². The molecule has 1 saturated heterocycles. The average Bonchev–Trinajstić information content (AvgIpc) is 2.39. The van der Waals surface area contributed by atoms with E-state index in [0.29, 0.717) is 5.69 Å². The predicted molar refractivity (Wildman–Crippen MR) is 78.1 cm³/mol. The Labute approximate surface area is 120 Å². The molecule has 1 aliphatic heterocycles. The molecule has 1 aliphatic rings. The molecule has 0 saturated carbocycles. The van der Waals surface area contributed by atoms with Crippen LogP contribution in [0.1, 0.15) is 40.0 Å². The van der Waals surface area contributed by atoms with Crippen molar-refractivity contribution in [1.29, 1.82) is 0 Å². The van der Waals surface area contributed by atoms with Gasteiger partial charge in [-0.25, -0.2) is 4.79 Å². The molecule has 0 aromatic carbocycles. The van der Waals surface area contributed by atoms with Crippen LogP contribution in [0.5, 0.6) is 0 Å². The van der Waals surface area contributed by atoms with Crippen molar-refractivity contribution in [2.75, 3.05) is 18.8 Å². The van der Waals surface area contributed by atoms with Crippen LogP contribution in [0.4, 0.5) is 10.5 Å². The Morgan fingerprint density at radius 1 is 1.25 bits per heavy atom. The molecule has 6 heteroatoms. The van der Waals surface area contributed by atoms with E-state index in [1.165, 1.54) is 12.6 Å². The van der Waals surface area contributed by atoms with Gasteiger partial charge in [0.1, 0.15) is 5.60 Å². The minimum atomic E-state index is -0.367. The first kappa shape index (κ1) is 16.2. The molecule has 0 unspecified atom stereocenters. The van der Waals surface area contributed by atoms with Gasteiger partial charge in [0.05, 0.1) is 18.1 Å². The minimum Gasteiger partial charge on any atom is -0.444 e. The van der Waals surface area contributed by atoms with Crippen LogP contribution in [-0.2, 0) is 4.74 Å². The zero-order valence-electron chi connectivity index (χ0n) is 12.5. The van der Waals surface area contributed by atoms with Gasteiger partial charge in [-0.3, -0.25) is 0 Å². The number of piperidine rings is 1. The van der Waals surface area contributed by atoms with Crippen molar-refractivity contribution in [2.45, 2.75) is 45.6 Å². The van der Waals surface area contributed by atoms with Crippen LogP contribution in [0.25, 0.3) is 0 Å². The molecule has 0 atom stereocenters. The van der Waals surface area contributed by atoms with Crippen LogP contribution in [-0.4, -0.2) is 39.9 Å². The fraction of sp³-hybridized carbons (Fsp3) is 0.643. The molecule has 20 heavy (non-hydrogen) atoms. The number of nitrogens with zero attached hydrogens (tertiary/aromatic N) is 3. The first-order valence-corrected chi connectivity index (χ1v) is 6.88. The van der Waals surface area contributed by atoms with E-state index in [1.807, 2.05) is 20.8 Å². The summed E-state index contributed by atoms with van der Waals surface area (Å²) in [4.78, 5) is 13.3. The highest BCUT2D eigenvalue weighted by atomic mass is 16.6. The highest BCUT2D eigenvalue weighted by Crippen LogP contribution is 2.14. The zero-order chi connectivity index (χ0) is 15.0. The summed E-state index contributed by atoms with van der Waals surface area (Å²) in [5.41, 5.74) is 5.54. The second-order valence-electron chi connectivity index (χ2n) is 5.70.